The van der Waals surface area contributed by atoms with Crippen LogP contribution in [0.2, 0.25) is 10.0 Å². The van der Waals surface area contributed by atoms with Gasteiger partial charge in [0.2, 0.25) is 0 Å². The Hall–Kier alpha value is -0.940. The van der Waals surface area contributed by atoms with Crippen LogP contribution >= 0.6 is 39.1 Å². The molecule has 0 amide bonds. The largest absolute Gasteiger partial charge is 0.490 e. The van der Waals surface area contributed by atoms with Crippen molar-refractivity contribution in [3.8, 4) is 11.5 Å². The van der Waals surface area contributed by atoms with Crippen LogP contribution in [0.25, 0.3) is 0 Å². The van der Waals surface area contributed by atoms with E-state index in [1.807, 2.05) is 25.1 Å². The van der Waals surface area contributed by atoms with E-state index in [2.05, 4.69) is 27.3 Å². The molecule has 3 nitrogen and oxygen atoms in total. The van der Waals surface area contributed by atoms with Crippen LogP contribution in [0.3, 0.4) is 0 Å². The van der Waals surface area contributed by atoms with Gasteiger partial charge in [-0.15, -0.1) is 0 Å². The molecule has 32 heavy (non-hydrogen) atoms. The van der Waals surface area contributed by atoms with E-state index in [4.69, 9.17) is 32.7 Å². The molecular formula is C26H30BrCl2NO2. The van der Waals surface area contributed by atoms with Crippen molar-refractivity contribution in [2.75, 3.05) is 6.61 Å². The lowest BCUT2D eigenvalue weighted by Crippen LogP contribution is -2.54. The van der Waals surface area contributed by atoms with Gasteiger partial charge in [-0.25, -0.2) is 0 Å². The normalized spacial score (nSPS) is 28.2. The molecule has 4 aliphatic carbocycles. The Labute approximate surface area is 209 Å². The highest BCUT2D eigenvalue weighted by Crippen LogP contribution is 2.53. The maximum absolute atomic E-state index is 6.14. The van der Waals surface area contributed by atoms with E-state index in [9.17, 15) is 0 Å². The summed E-state index contributed by atoms with van der Waals surface area (Å²) in [5.41, 5.74) is 2.18. The quantitative estimate of drug-likeness (QED) is 0.374. The van der Waals surface area contributed by atoms with Crippen LogP contribution in [0.15, 0.2) is 34.8 Å². The fraction of sp³-hybridized carbons (Fsp3) is 0.538. The van der Waals surface area contributed by atoms with Crippen LogP contribution in [-0.4, -0.2) is 12.6 Å². The lowest BCUT2D eigenvalue weighted by molar-refractivity contribution is -0.0142. The molecule has 0 spiro atoms. The second-order valence-electron chi connectivity index (χ2n) is 9.70. The zero-order valence-electron chi connectivity index (χ0n) is 18.4. The molecule has 4 saturated carbocycles. The Balaban J connectivity index is 1.27. The minimum absolute atomic E-state index is 0.398. The SMILES string of the molecule is CCOc1cc(CNC2C3CC4CC(C3)CC2C4)c(Br)cc1OCc1ccc(Cl)c(Cl)c1. The van der Waals surface area contributed by atoms with Crippen molar-refractivity contribution < 1.29 is 9.47 Å². The monoisotopic (exact) mass is 537 g/mol. The first kappa shape index (κ1) is 22.8. The van der Waals surface area contributed by atoms with E-state index in [1.165, 1.54) is 37.7 Å². The average Bonchev–Trinajstić information content (AvgIpc) is 2.76. The topological polar surface area (TPSA) is 30.5 Å². The molecule has 0 atom stereocenters. The number of benzene rings is 2. The van der Waals surface area contributed by atoms with Gasteiger partial charge in [-0.2, -0.15) is 0 Å². The summed E-state index contributed by atoms with van der Waals surface area (Å²) in [7, 11) is 0. The predicted octanol–water partition coefficient (Wildman–Crippen LogP) is 7.65. The number of hydrogen-bond acceptors (Lipinski definition) is 3. The maximum atomic E-state index is 6.14. The highest BCUT2D eigenvalue weighted by Gasteiger charge is 2.47. The number of rotatable bonds is 8. The third-order valence-corrected chi connectivity index (χ3v) is 9.02. The Morgan fingerprint density at radius 1 is 0.906 bits per heavy atom. The molecule has 0 saturated heterocycles. The van der Waals surface area contributed by atoms with Crippen molar-refractivity contribution in [2.24, 2.45) is 23.7 Å². The van der Waals surface area contributed by atoms with Crippen molar-refractivity contribution in [1.82, 2.24) is 5.32 Å². The van der Waals surface area contributed by atoms with Crippen molar-refractivity contribution >= 4 is 39.1 Å². The smallest absolute Gasteiger partial charge is 0.162 e. The molecule has 4 bridgehead atoms. The standard InChI is InChI=1S/C26H30BrCl2NO2/c1-2-31-24-11-20(13-30-26-18-6-16-5-17(8-18)9-19(26)7-16)21(27)12-25(24)32-14-15-3-4-22(28)23(29)10-15/h3-4,10-12,16-19,26,30H,2,5-9,13-14H2,1H3. The fourth-order valence-corrected chi connectivity index (χ4v) is 7.15. The summed E-state index contributed by atoms with van der Waals surface area (Å²) in [6.45, 7) is 3.83. The van der Waals surface area contributed by atoms with Crippen LogP contribution in [0.1, 0.15) is 50.2 Å². The van der Waals surface area contributed by atoms with Crippen molar-refractivity contribution in [3.05, 3.63) is 56.0 Å². The molecule has 0 heterocycles. The first-order chi connectivity index (χ1) is 15.5. The second kappa shape index (κ2) is 9.74. The van der Waals surface area contributed by atoms with Crippen LogP contribution in [0.4, 0.5) is 0 Å². The molecule has 0 radical (unpaired) electrons. The van der Waals surface area contributed by atoms with Crippen molar-refractivity contribution in [2.45, 2.75) is 58.2 Å². The summed E-state index contributed by atoms with van der Waals surface area (Å²) >= 11 is 15.9. The van der Waals surface area contributed by atoms with Crippen LogP contribution < -0.4 is 14.8 Å². The molecule has 1 N–H and O–H groups in total. The summed E-state index contributed by atoms with van der Waals surface area (Å²) in [5.74, 6) is 5.23. The van der Waals surface area contributed by atoms with Gasteiger partial charge in [0.25, 0.3) is 0 Å². The molecule has 2 aromatic rings. The van der Waals surface area contributed by atoms with Gasteiger partial charge in [0.15, 0.2) is 11.5 Å². The van der Waals surface area contributed by atoms with Crippen LogP contribution in [0.5, 0.6) is 11.5 Å². The molecule has 172 valence electrons. The Kier molecular flexibility index (Phi) is 6.95. The van der Waals surface area contributed by atoms with Crippen LogP contribution in [-0.2, 0) is 13.2 Å². The molecule has 6 heteroatoms. The van der Waals surface area contributed by atoms with Gasteiger partial charge >= 0.3 is 0 Å². The summed E-state index contributed by atoms with van der Waals surface area (Å²) in [6.07, 6.45) is 7.21. The Morgan fingerprint density at radius 2 is 1.59 bits per heavy atom. The molecule has 0 aliphatic heterocycles. The van der Waals surface area contributed by atoms with Gasteiger partial charge < -0.3 is 14.8 Å². The van der Waals surface area contributed by atoms with Gasteiger partial charge in [0.1, 0.15) is 6.61 Å². The van der Waals surface area contributed by atoms with Crippen molar-refractivity contribution in [1.29, 1.82) is 0 Å². The van der Waals surface area contributed by atoms with E-state index in [0.29, 0.717) is 29.3 Å². The van der Waals surface area contributed by atoms with Gasteiger partial charge in [-0.3, -0.25) is 0 Å². The zero-order valence-corrected chi connectivity index (χ0v) is 21.5. The fourth-order valence-electron chi connectivity index (χ4n) is 6.37. The molecule has 4 fully saturated rings. The average molecular weight is 539 g/mol. The van der Waals surface area contributed by atoms with Crippen LogP contribution in [0, 0.1) is 23.7 Å². The highest BCUT2D eigenvalue weighted by atomic mass is 79.9. The molecule has 0 aromatic heterocycles. The van der Waals surface area contributed by atoms with Gasteiger partial charge in [-0.1, -0.05) is 45.2 Å². The molecule has 6 rings (SSSR count). The highest BCUT2D eigenvalue weighted by molar-refractivity contribution is 9.10. The summed E-state index contributed by atoms with van der Waals surface area (Å²) in [6, 6.07) is 10.4. The predicted molar refractivity (Wildman–Crippen MR) is 134 cm³/mol. The molecular weight excluding hydrogens is 509 g/mol. The van der Waals surface area contributed by atoms with Gasteiger partial charge in [-0.05, 0) is 98.1 Å². The van der Waals surface area contributed by atoms with Gasteiger partial charge in [0.05, 0.1) is 16.7 Å². The number of ether oxygens (including phenoxy) is 2. The second-order valence-corrected chi connectivity index (χ2v) is 11.4. The Morgan fingerprint density at radius 3 is 2.25 bits per heavy atom. The maximum Gasteiger partial charge on any atom is 0.162 e. The lowest BCUT2D eigenvalue weighted by atomic mass is 9.54. The third-order valence-electron chi connectivity index (χ3n) is 7.55. The number of nitrogens with one attached hydrogen (secondary N) is 1. The van der Waals surface area contributed by atoms with E-state index in [-0.39, 0.29) is 0 Å². The Bertz CT molecular complexity index is 955. The van der Waals surface area contributed by atoms with E-state index < -0.39 is 0 Å². The third kappa shape index (κ3) is 4.80. The summed E-state index contributed by atoms with van der Waals surface area (Å²) in [5, 5.41) is 5.00. The van der Waals surface area contributed by atoms with Gasteiger partial charge in [0, 0.05) is 17.1 Å². The summed E-state index contributed by atoms with van der Waals surface area (Å²) < 4.78 is 13.1. The molecule has 0 unspecified atom stereocenters. The van der Waals surface area contributed by atoms with Crippen molar-refractivity contribution in [3.63, 3.8) is 0 Å². The number of halogens is 3. The number of hydrogen-bond donors (Lipinski definition) is 1. The zero-order chi connectivity index (χ0) is 22.2. The first-order valence-electron chi connectivity index (χ1n) is 11.8. The molecule has 2 aromatic carbocycles. The van der Waals surface area contributed by atoms with E-state index >= 15 is 0 Å². The minimum Gasteiger partial charge on any atom is -0.490 e. The first-order valence-corrected chi connectivity index (χ1v) is 13.3. The molecule has 4 aliphatic rings. The lowest BCUT2D eigenvalue weighted by Gasteiger charge is -2.54. The van der Waals surface area contributed by atoms with E-state index in [1.54, 1.807) is 6.07 Å². The van der Waals surface area contributed by atoms with E-state index in [0.717, 1.165) is 51.8 Å². The summed E-state index contributed by atoms with van der Waals surface area (Å²) in [4.78, 5) is 0. The minimum atomic E-state index is 0.398.